The van der Waals surface area contributed by atoms with Crippen LogP contribution in [0.1, 0.15) is 12.5 Å². The van der Waals surface area contributed by atoms with Gasteiger partial charge in [-0.3, -0.25) is 14.5 Å². The third-order valence-electron chi connectivity index (χ3n) is 4.42. The second kappa shape index (κ2) is 8.27. The van der Waals surface area contributed by atoms with Gasteiger partial charge in [-0.25, -0.2) is 4.79 Å². The number of halogens is 5. The van der Waals surface area contributed by atoms with Crippen molar-refractivity contribution in [1.29, 1.82) is 0 Å². The number of rotatable bonds is 5. The van der Waals surface area contributed by atoms with E-state index in [1.54, 1.807) is 0 Å². The Bertz CT molecular complexity index is 1050. The molecule has 1 heterocycles. The molecule has 2 N–H and O–H groups in total. The van der Waals surface area contributed by atoms with Crippen molar-refractivity contribution < 1.29 is 32.3 Å². The van der Waals surface area contributed by atoms with Crippen molar-refractivity contribution in [2.75, 3.05) is 11.9 Å². The topological polar surface area (TPSA) is 87.7 Å². The molecule has 3 rings (SSSR count). The van der Waals surface area contributed by atoms with E-state index in [1.165, 1.54) is 37.3 Å². The highest BCUT2D eigenvalue weighted by Gasteiger charge is 2.50. The molecule has 1 unspecified atom stereocenters. The average Bonchev–Trinajstić information content (AvgIpc) is 2.86. The van der Waals surface area contributed by atoms with Gasteiger partial charge in [0.25, 0.3) is 5.91 Å². The minimum absolute atomic E-state index is 0.148. The summed E-state index contributed by atoms with van der Waals surface area (Å²) in [7, 11) is 0. The van der Waals surface area contributed by atoms with Gasteiger partial charge in [-0.15, -0.1) is 13.2 Å². The van der Waals surface area contributed by atoms with E-state index in [2.05, 4.69) is 15.4 Å². The quantitative estimate of drug-likeness (QED) is 0.631. The SMILES string of the molecule is CC1(c2ccc(Cl)cc2Cl)NC(=O)N(CC(=O)Nc2ccc(OC(F)(F)F)cc2)C1=O. The van der Waals surface area contributed by atoms with Gasteiger partial charge in [-0.2, -0.15) is 0 Å². The zero-order chi connectivity index (χ0) is 23.0. The third-order valence-corrected chi connectivity index (χ3v) is 4.97. The van der Waals surface area contributed by atoms with Gasteiger partial charge < -0.3 is 15.4 Å². The second-order valence-corrected chi connectivity index (χ2v) is 7.53. The molecule has 0 aliphatic carbocycles. The molecule has 31 heavy (non-hydrogen) atoms. The standard InChI is InChI=1S/C19H14Cl2F3N3O4/c1-18(13-7-2-10(20)8-14(13)21)16(29)27(17(30)26-18)9-15(28)25-11-3-5-12(6-4-11)31-19(22,23)24/h2-8H,9H2,1H3,(H,25,28)(H,26,30). The molecule has 1 aliphatic rings. The second-order valence-electron chi connectivity index (χ2n) is 6.69. The summed E-state index contributed by atoms with van der Waals surface area (Å²) < 4.78 is 40.3. The van der Waals surface area contributed by atoms with Crippen LogP contribution in [-0.2, 0) is 15.1 Å². The Morgan fingerprint density at radius 3 is 2.39 bits per heavy atom. The maximum atomic E-state index is 12.9. The Labute approximate surface area is 184 Å². The summed E-state index contributed by atoms with van der Waals surface area (Å²) in [6, 6.07) is 8.01. The van der Waals surface area contributed by atoms with Crippen LogP contribution in [0, 0.1) is 0 Å². The summed E-state index contributed by atoms with van der Waals surface area (Å²) in [5.41, 5.74) is -1.05. The molecule has 12 heteroatoms. The van der Waals surface area contributed by atoms with Crippen LogP contribution in [0.4, 0.5) is 23.7 Å². The minimum Gasteiger partial charge on any atom is -0.406 e. The number of anilines is 1. The van der Waals surface area contributed by atoms with Crippen molar-refractivity contribution in [2.24, 2.45) is 0 Å². The van der Waals surface area contributed by atoms with Gasteiger partial charge in [-0.1, -0.05) is 29.3 Å². The molecule has 1 saturated heterocycles. The lowest BCUT2D eigenvalue weighted by molar-refractivity contribution is -0.274. The highest BCUT2D eigenvalue weighted by molar-refractivity contribution is 6.35. The lowest BCUT2D eigenvalue weighted by Crippen LogP contribution is -2.42. The van der Waals surface area contributed by atoms with Crippen LogP contribution in [0.15, 0.2) is 42.5 Å². The molecule has 1 atom stereocenters. The first-order chi connectivity index (χ1) is 14.4. The van der Waals surface area contributed by atoms with E-state index in [1.807, 2.05) is 0 Å². The van der Waals surface area contributed by atoms with Crippen LogP contribution in [0.2, 0.25) is 10.0 Å². The normalized spacial score (nSPS) is 18.7. The van der Waals surface area contributed by atoms with Gasteiger partial charge in [0.2, 0.25) is 5.91 Å². The number of nitrogens with zero attached hydrogens (tertiary/aromatic N) is 1. The summed E-state index contributed by atoms with van der Waals surface area (Å²) >= 11 is 12.0. The fraction of sp³-hybridized carbons (Fsp3) is 0.211. The maximum Gasteiger partial charge on any atom is 0.573 e. The molecule has 0 radical (unpaired) electrons. The Morgan fingerprint density at radius 1 is 1.16 bits per heavy atom. The predicted octanol–water partition coefficient (Wildman–Crippen LogP) is 4.30. The Kier molecular flexibility index (Phi) is 6.06. The van der Waals surface area contributed by atoms with E-state index >= 15 is 0 Å². The average molecular weight is 476 g/mol. The minimum atomic E-state index is -4.84. The van der Waals surface area contributed by atoms with E-state index in [-0.39, 0.29) is 10.7 Å². The summed E-state index contributed by atoms with van der Waals surface area (Å²) in [6.07, 6.45) is -4.84. The van der Waals surface area contributed by atoms with Crippen LogP contribution < -0.4 is 15.4 Å². The number of carbonyl (C=O) groups is 3. The molecular weight excluding hydrogens is 462 g/mol. The zero-order valence-electron chi connectivity index (χ0n) is 15.7. The Balaban J connectivity index is 1.69. The van der Waals surface area contributed by atoms with Gasteiger partial charge in [0.15, 0.2) is 0 Å². The van der Waals surface area contributed by atoms with Gasteiger partial charge in [-0.05, 0) is 43.3 Å². The number of carbonyl (C=O) groups excluding carboxylic acids is 3. The number of hydrogen-bond acceptors (Lipinski definition) is 4. The fourth-order valence-corrected chi connectivity index (χ4v) is 3.60. The number of hydrogen-bond donors (Lipinski definition) is 2. The van der Waals surface area contributed by atoms with Crippen LogP contribution in [0.25, 0.3) is 0 Å². The lowest BCUT2D eigenvalue weighted by atomic mass is 9.92. The first kappa shape index (κ1) is 22.7. The molecule has 0 bridgehead atoms. The largest absolute Gasteiger partial charge is 0.573 e. The lowest BCUT2D eigenvalue weighted by Gasteiger charge is -2.23. The van der Waals surface area contributed by atoms with Gasteiger partial charge >= 0.3 is 12.4 Å². The molecule has 0 saturated carbocycles. The number of urea groups is 1. The number of ether oxygens (including phenoxy) is 1. The van der Waals surface area contributed by atoms with E-state index in [4.69, 9.17) is 23.2 Å². The summed E-state index contributed by atoms with van der Waals surface area (Å²) in [5.74, 6) is -1.90. The highest BCUT2D eigenvalue weighted by Crippen LogP contribution is 2.35. The molecule has 2 aromatic carbocycles. The van der Waals surface area contributed by atoms with Crippen LogP contribution >= 0.6 is 23.2 Å². The van der Waals surface area contributed by atoms with Crippen LogP contribution in [0.3, 0.4) is 0 Å². The van der Waals surface area contributed by atoms with Gasteiger partial charge in [0, 0.05) is 21.3 Å². The molecule has 0 aromatic heterocycles. The molecular formula is C19H14Cl2F3N3O4. The third kappa shape index (κ3) is 5.02. The highest BCUT2D eigenvalue weighted by atomic mass is 35.5. The first-order valence-corrected chi connectivity index (χ1v) is 9.40. The van der Waals surface area contributed by atoms with Gasteiger partial charge in [0.1, 0.15) is 17.8 Å². The molecule has 7 nitrogen and oxygen atoms in total. The number of nitrogens with one attached hydrogen (secondary N) is 2. The van der Waals surface area contributed by atoms with E-state index < -0.39 is 42.0 Å². The Hall–Kier alpha value is -2.98. The van der Waals surface area contributed by atoms with Crippen LogP contribution in [0.5, 0.6) is 5.75 Å². The van der Waals surface area contributed by atoms with Crippen molar-refractivity contribution in [3.05, 3.63) is 58.1 Å². The summed E-state index contributed by atoms with van der Waals surface area (Å²) in [6.45, 7) is 0.825. The summed E-state index contributed by atoms with van der Waals surface area (Å²) in [4.78, 5) is 38.2. The van der Waals surface area contributed by atoms with Crippen molar-refractivity contribution >= 4 is 46.7 Å². The van der Waals surface area contributed by atoms with Crippen molar-refractivity contribution in [3.8, 4) is 5.75 Å². The fourth-order valence-electron chi connectivity index (χ4n) is 3.00. The zero-order valence-corrected chi connectivity index (χ0v) is 17.2. The van der Waals surface area contributed by atoms with Crippen molar-refractivity contribution in [2.45, 2.75) is 18.8 Å². The number of amides is 4. The monoisotopic (exact) mass is 475 g/mol. The van der Waals surface area contributed by atoms with Gasteiger partial charge in [0.05, 0.1) is 0 Å². The van der Waals surface area contributed by atoms with Crippen molar-refractivity contribution in [1.82, 2.24) is 10.2 Å². The number of imide groups is 1. The summed E-state index contributed by atoms with van der Waals surface area (Å²) in [5, 5.41) is 5.41. The predicted molar refractivity (Wildman–Crippen MR) is 106 cm³/mol. The molecule has 0 spiro atoms. The van der Waals surface area contributed by atoms with Crippen molar-refractivity contribution in [3.63, 3.8) is 0 Å². The van der Waals surface area contributed by atoms with E-state index in [0.717, 1.165) is 12.1 Å². The van der Waals surface area contributed by atoms with Crippen LogP contribution in [-0.4, -0.2) is 35.7 Å². The number of benzene rings is 2. The number of alkyl halides is 3. The molecule has 164 valence electrons. The molecule has 1 fully saturated rings. The smallest absolute Gasteiger partial charge is 0.406 e. The first-order valence-electron chi connectivity index (χ1n) is 8.64. The maximum absolute atomic E-state index is 12.9. The molecule has 2 aromatic rings. The van der Waals surface area contributed by atoms with E-state index in [9.17, 15) is 27.6 Å². The van der Waals surface area contributed by atoms with E-state index in [0.29, 0.717) is 15.5 Å². The Morgan fingerprint density at radius 2 is 1.81 bits per heavy atom. The molecule has 1 aliphatic heterocycles. The molecule has 4 amide bonds.